The van der Waals surface area contributed by atoms with Crippen molar-refractivity contribution in [2.24, 2.45) is 11.7 Å². The number of amides is 4. The molecule has 0 fully saturated rings. The third-order valence-corrected chi connectivity index (χ3v) is 4.60. The van der Waals surface area contributed by atoms with Crippen molar-refractivity contribution in [3.8, 4) is 0 Å². The molecule has 30 heavy (non-hydrogen) atoms. The molecule has 10 heteroatoms. The fraction of sp³-hybridized carbons (Fsp3) is 0.450. The van der Waals surface area contributed by atoms with Gasteiger partial charge >= 0.3 is 6.03 Å². The van der Waals surface area contributed by atoms with E-state index in [1.165, 1.54) is 24.3 Å². The van der Waals surface area contributed by atoms with Crippen molar-refractivity contribution in [3.63, 3.8) is 0 Å². The summed E-state index contributed by atoms with van der Waals surface area (Å²) < 4.78 is 13.2. The van der Waals surface area contributed by atoms with Crippen LogP contribution in [0.15, 0.2) is 35.9 Å². The van der Waals surface area contributed by atoms with Crippen LogP contribution in [-0.4, -0.2) is 52.4 Å². The van der Waals surface area contributed by atoms with E-state index in [1.807, 2.05) is 13.8 Å². The second-order valence-electron chi connectivity index (χ2n) is 7.65. The Morgan fingerprint density at radius 2 is 1.97 bits per heavy atom. The number of carbonyl (C=O) groups excluding carboxylic acids is 3. The minimum atomic E-state index is -1.36. The van der Waals surface area contributed by atoms with Gasteiger partial charge in [0.1, 0.15) is 18.0 Å². The molecule has 0 saturated carbocycles. The maximum Gasteiger partial charge on any atom is 0.319 e. The Labute approximate surface area is 173 Å². The van der Waals surface area contributed by atoms with Crippen molar-refractivity contribution in [2.75, 3.05) is 5.32 Å². The SMILES string of the molecule is CC(C)CC(NC(=O)C1=CC(NC(=O)Nc2cccc(F)c2)C(O)C(O)C1)C(N)=O. The van der Waals surface area contributed by atoms with Crippen molar-refractivity contribution >= 4 is 23.5 Å². The van der Waals surface area contributed by atoms with Crippen LogP contribution in [0.4, 0.5) is 14.9 Å². The molecule has 0 heterocycles. The monoisotopic (exact) mass is 422 g/mol. The van der Waals surface area contributed by atoms with E-state index in [0.29, 0.717) is 6.42 Å². The van der Waals surface area contributed by atoms with Gasteiger partial charge < -0.3 is 31.9 Å². The zero-order chi connectivity index (χ0) is 22.4. The van der Waals surface area contributed by atoms with Gasteiger partial charge in [0.05, 0.1) is 12.1 Å². The van der Waals surface area contributed by atoms with Crippen molar-refractivity contribution in [1.82, 2.24) is 10.6 Å². The third-order valence-electron chi connectivity index (χ3n) is 4.60. The van der Waals surface area contributed by atoms with Crippen LogP contribution in [0.1, 0.15) is 26.7 Å². The zero-order valence-electron chi connectivity index (χ0n) is 16.8. The fourth-order valence-corrected chi connectivity index (χ4v) is 3.12. The van der Waals surface area contributed by atoms with Gasteiger partial charge in [0.25, 0.3) is 0 Å². The summed E-state index contributed by atoms with van der Waals surface area (Å²) in [7, 11) is 0. The maximum atomic E-state index is 13.2. The summed E-state index contributed by atoms with van der Waals surface area (Å²) in [5.41, 5.74) is 5.62. The van der Waals surface area contributed by atoms with Crippen LogP contribution in [0.5, 0.6) is 0 Å². The van der Waals surface area contributed by atoms with Crippen LogP contribution in [0.25, 0.3) is 0 Å². The lowest BCUT2D eigenvalue weighted by Gasteiger charge is -2.31. The molecule has 0 saturated heterocycles. The molecular weight excluding hydrogens is 395 g/mol. The Morgan fingerprint density at radius 1 is 1.27 bits per heavy atom. The van der Waals surface area contributed by atoms with Crippen molar-refractivity contribution < 1.29 is 29.0 Å². The highest BCUT2D eigenvalue weighted by atomic mass is 19.1. The molecule has 4 amide bonds. The third kappa shape index (κ3) is 6.53. The lowest BCUT2D eigenvalue weighted by atomic mass is 9.89. The van der Waals surface area contributed by atoms with Gasteiger partial charge in [0, 0.05) is 17.7 Å². The van der Waals surface area contributed by atoms with Gasteiger partial charge in [-0.15, -0.1) is 0 Å². The van der Waals surface area contributed by atoms with E-state index in [2.05, 4.69) is 16.0 Å². The van der Waals surface area contributed by atoms with E-state index in [9.17, 15) is 29.0 Å². The number of nitrogens with one attached hydrogen (secondary N) is 3. The van der Waals surface area contributed by atoms with Crippen molar-refractivity contribution in [3.05, 3.63) is 41.7 Å². The number of benzene rings is 1. The molecule has 1 aliphatic carbocycles. The van der Waals surface area contributed by atoms with E-state index < -0.39 is 48.0 Å². The van der Waals surface area contributed by atoms with Crippen LogP contribution >= 0.6 is 0 Å². The molecule has 0 radical (unpaired) electrons. The molecule has 4 unspecified atom stereocenters. The van der Waals surface area contributed by atoms with E-state index in [0.717, 1.165) is 6.07 Å². The van der Waals surface area contributed by atoms with Crippen molar-refractivity contribution in [2.45, 2.75) is 51.0 Å². The highest BCUT2D eigenvalue weighted by Gasteiger charge is 2.34. The van der Waals surface area contributed by atoms with Crippen LogP contribution in [0.2, 0.25) is 0 Å². The molecule has 9 nitrogen and oxygen atoms in total. The number of nitrogens with two attached hydrogens (primary N) is 1. The second-order valence-corrected chi connectivity index (χ2v) is 7.65. The summed E-state index contributed by atoms with van der Waals surface area (Å²) in [4.78, 5) is 36.3. The van der Waals surface area contributed by atoms with Crippen LogP contribution < -0.4 is 21.7 Å². The van der Waals surface area contributed by atoms with Gasteiger partial charge in [-0.25, -0.2) is 9.18 Å². The second kappa shape index (κ2) is 10.2. The Kier molecular flexibility index (Phi) is 7.90. The van der Waals surface area contributed by atoms with Crippen LogP contribution in [0.3, 0.4) is 0 Å². The molecule has 0 aromatic heterocycles. The number of carbonyl (C=O) groups is 3. The number of aliphatic hydroxyl groups is 2. The molecule has 0 spiro atoms. The minimum absolute atomic E-state index is 0.0962. The van der Waals surface area contributed by atoms with Gasteiger partial charge in [0.2, 0.25) is 11.8 Å². The molecule has 7 N–H and O–H groups in total. The number of primary amides is 1. The quantitative estimate of drug-likeness (QED) is 0.375. The summed E-state index contributed by atoms with van der Waals surface area (Å²) in [6, 6.07) is 2.49. The normalized spacial score (nSPS) is 22.1. The number of hydrogen-bond acceptors (Lipinski definition) is 5. The topological polar surface area (TPSA) is 154 Å². The average Bonchev–Trinajstić information content (AvgIpc) is 2.64. The molecule has 1 aromatic carbocycles. The summed E-state index contributed by atoms with van der Waals surface area (Å²) in [6.45, 7) is 3.75. The molecule has 1 aromatic rings. The van der Waals surface area contributed by atoms with Crippen LogP contribution in [0, 0.1) is 11.7 Å². The Morgan fingerprint density at radius 3 is 2.57 bits per heavy atom. The first-order valence-electron chi connectivity index (χ1n) is 9.57. The number of halogens is 1. The zero-order valence-corrected chi connectivity index (χ0v) is 16.8. The van der Waals surface area contributed by atoms with Gasteiger partial charge in [0.15, 0.2) is 0 Å². The van der Waals surface area contributed by atoms with Crippen molar-refractivity contribution in [1.29, 1.82) is 0 Å². The molecule has 164 valence electrons. The fourth-order valence-electron chi connectivity index (χ4n) is 3.12. The van der Waals surface area contributed by atoms with E-state index in [-0.39, 0.29) is 23.6 Å². The first-order valence-corrected chi connectivity index (χ1v) is 9.57. The Bertz CT molecular complexity index is 829. The summed E-state index contributed by atoms with van der Waals surface area (Å²) >= 11 is 0. The van der Waals surface area contributed by atoms with Crippen LogP contribution in [-0.2, 0) is 9.59 Å². The molecular formula is C20H27FN4O5. The van der Waals surface area contributed by atoms with Gasteiger partial charge in [-0.3, -0.25) is 9.59 Å². The average molecular weight is 422 g/mol. The minimum Gasteiger partial charge on any atom is -0.390 e. The van der Waals surface area contributed by atoms with Gasteiger partial charge in [-0.05, 0) is 30.5 Å². The summed E-state index contributed by atoms with van der Waals surface area (Å²) in [5, 5.41) is 27.7. The van der Waals surface area contributed by atoms with Gasteiger partial charge in [-0.2, -0.15) is 0 Å². The number of hydrogen-bond donors (Lipinski definition) is 6. The lowest BCUT2D eigenvalue weighted by Crippen LogP contribution is -2.53. The number of aliphatic hydroxyl groups excluding tert-OH is 2. The lowest BCUT2D eigenvalue weighted by molar-refractivity contribution is -0.126. The molecule has 0 aliphatic heterocycles. The summed E-state index contributed by atoms with van der Waals surface area (Å²) in [5.74, 6) is -1.73. The largest absolute Gasteiger partial charge is 0.390 e. The standard InChI is InChI=1S/C20H27FN4O5/c1-10(2)6-15(18(22)28)24-19(29)11-7-14(17(27)16(26)8-11)25-20(30)23-13-5-3-4-12(21)9-13/h3-5,7,9-10,14-17,26-27H,6,8H2,1-2H3,(H2,22,28)(H,24,29)(H2,23,25,30). The van der Waals surface area contributed by atoms with E-state index in [1.54, 1.807) is 0 Å². The number of anilines is 1. The molecule has 4 atom stereocenters. The predicted octanol–water partition coefficient (Wildman–Crippen LogP) is 0.384. The highest BCUT2D eigenvalue weighted by molar-refractivity contribution is 5.97. The number of rotatable bonds is 7. The molecule has 0 bridgehead atoms. The Hall–Kier alpha value is -2.98. The molecule has 2 rings (SSSR count). The first-order chi connectivity index (χ1) is 14.1. The van der Waals surface area contributed by atoms with E-state index in [4.69, 9.17) is 5.73 Å². The highest BCUT2D eigenvalue weighted by Crippen LogP contribution is 2.21. The molecule has 1 aliphatic rings. The number of urea groups is 1. The Balaban J connectivity index is 2.09. The smallest absolute Gasteiger partial charge is 0.319 e. The maximum absolute atomic E-state index is 13.2. The first kappa shape index (κ1) is 23.3. The summed E-state index contributed by atoms with van der Waals surface area (Å²) in [6.07, 6.45) is -1.18. The van der Waals surface area contributed by atoms with E-state index >= 15 is 0 Å². The predicted molar refractivity (Wildman–Crippen MR) is 108 cm³/mol. The van der Waals surface area contributed by atoms with Gasteiger partial charge in [-0.1, -0.05) is 26.0 Å².